The Kier molecular flexibility index (Phi) is 2.58. The Balaban J connectivity index is 2.32. The van der Waals surface area contributed by atoms with Gasteiger partial charge in [-0.05, 0) is 42.5 Å². The molecule has 0 heterocycles. The normalized spacial score (nSPS) is 17.9. The fourth-order valence-corrected chi connectivity index (χ4v) is 2.65. The van der Waals surface area contributed by atoms with Crippen LogP contribution in [0.4, 0.5) is 0 Å². The van der Waals surface area contributed by atoms with E-state index in [0.29, 0.717) is 11.7 Å². The predicted molar refractivity (Wildman–Crippen MR) is 57.0 cm³/mol. The summed E-state index contributed by atoms with van der Waals surface area (Å²) in [6.45, 7) is 0. The molecule has 0 spiro atoms. The Morgan fingerprint density at radius 2 is 1.92 bits per heavy atom. The van der Waals surface area contributed by atoms with Crippen LogP contribution in [-0.4, -0.2) is 5.11 Å². The summed E-state index contributed by atoms with van der Waals surface area (Å²) >= 11 is 3.53. The maximum Gasteiger partial charge on any atom is 0.115 e. The lowest BCUT2D eigenvalue weighted by Gasteiger charge is -2.11. The lowest BCUT2D eigenvalue weighted by atomic mass is 9.98. The van der Waals surface area contributed by atoms with E-state index in [2.05, 4.69) is 15.9 Å². The largest absolute Gasteiger partial charge is 0.508 e. The SMILES string of the molecule is Oc1ccc(Br)c(C2CCCC2)c1. The summed E-state index contributed by atoms with van der Waals surface area (Å²) in [4.78, 5) is 0. The molecule has 1 aromatic rings. The van der Waals surface area contributed by atoms with Gasteiger partial charge in [0.25, 0.3) is 0 Å². The molecule has 0 radical (unpaired) electrons. The van der Waals surface area contributed by atoms with Crippen LogP contribution in [0.15, 0.2) is 22.7 Å². The molecule has 0 bridgehead atoms. The van der Waals surface area contributed by atoms with Gasteiger partial charge < -0.3 is 5.11 Å². The lowest BCUT2D eigenvalue weighted by Crippen LogP contribution is -1.92. The smallest absolute Gasteiger partial charge is 0.115 e. The first-order valence-corrected chi connectivity index (χ1v) is 5.55. The van der Waals surface area contributed by atoms with Crippen LogP contribution in [0.2, 0.25) is 0 Å². The first-order valence-electron chi connectivity index (χ1n) is 4.76. The number of benzene rings is 1. The summed E-state index contributed by atoms with van der Waals surface area (Å²) in [5.74, 6) is 1.03. The number of hydrogen-bond acceptors (Lipinski definition) is 1. The second-order valence-electron chi connectivity index (χ2n) is 3.69. The van der Waals surface area contributed by atoms with E-state index in [9.17, 15) is 5.11 Å². The molecule has 2 heteroatoms. The highest BCUT2D eigenvalue weighted by atomic mass is 79.9. The van der Waals surface area contributed by atoms with Crippen LogP contribution >= 0.6 is 15.9 Å². The van der Waals surface area contributed by atoms with E-state index in [1.807, 2.05) is 12.1 Å². The van der Waals surface area contributed by atoms with E-state index < -0.39 is 0 Å². The molecule has 1 aliphatic carbocycles. The molecule has 1 aromatic carbocycles. The lowest BCUT2D eigenvalue weighted by molar-refractivity contribution is 0.473. The monoisotopic (exact) mass is 240 g/mol. The van der Waals surface area contributed by atoms with Crippen LogP contribution in [0.25, 0.3) is 0 Å². The molecule has 2 rings (SSSR count). The molecule has 0 unspecified atom stereocenters. The van der Waals surface area contributed by atoms with Gasteiger partial charge in [-0.15, -0.1) is 0 Å². The van der Waals surface area contributed by atoms with Gasteiger partial charge in [0.1, 0.15) is 5.75 Å². The average molecular weight is 241 g/mol. The van der Waals surface area contributed by atoms with Gasteiger partial charge in [0, 0.05) is 4.47 Å². The van der Waals surface area contributed by atoms with Crippen molar-refractivity contribution in [1.82, 2.24) is 0 Å². The molecule has 1 saturated carbocycles. The number of aromatic hydroxyl groups is 1. The van der Waals surface area contributed by atoms with Gasteiger partial charge in [-0.1, -0.05) is 28.8 Å². The van der Waals surface area contributed by atoms with E-state index in [0.717, 1.165) is 4.47 Å². The Morgan fingerprint density at radius 1 is 1.23 bits per heavy atom. The molecule has 0 saturated heterocycles. The minimum Gasteiger partial charge on any atom is -0.508 e. The Morgan fingerprint density at radius 3 is 2.62 bits per heavy atom. The molecule has 1 aliphatic rings. The summed E-state index contributed by atoms with van der Waals surface area (Å²) in [6, 6.07) is 5.55. The number of hydrogen-bond donors (Lipinski definition) is 1. The van der Waals surface area contributed by atoms with Gasteiger partial charge in [-0.2, -0.15) is 0 Å². The molecule has 13 heavy (non-hydrogen) atoms. The molecule has 1 nitrogen and oxygen atoms in total. The van der Waals surface area contributed by atoms with Gasteiger partial charge in [0.05, 0.1) is 0 Å². The van der Waals surface area contributed by atoms with Crippen LogP contribution in [0.5, 0.6) is 5.75 Å². The zero-order chi connectivity index (χ0) is 9.26. The third kappa shape index (κ3) is 1.88. The van der Waals surface area contributed by atoms with Crippen molar-refractivity contribution in [3.05, 3.63) is 28.2 Å². The molecule has 0 aromatic heterocycles. The zero-order valence-electron chi connectivity index (χ0n) is 7.46. The Bertz CT molecular complexity index is 303. The zero-order valence-corrected chi connectivity index (χ0v) is 9.05. The molecular weight excluding hydrogens is 228 g/mol. The maximum absolute atomic E-state index is 9.38. The second-order valence-corrected chi connectivity index (χ2v) is 4.54. The molecule has 0 atom stereocenters. The topological polar surface area (TPSA) is 20.2 Å². The van der Waals surface area contributed by atoms with E-state index in [-0.39, 0.29) is 0 Å². The summed E-state index contributed by atoms with van der Waals surface area (Å²) in [6.07, 6.45) is 5.18. The number of phenols is 1. The number of phenolic OH excluding ortho intramolecular Hbond substituents is 1. The predicted octanol–water partition coefficient (Wildman–Crippen LogP) is 3.81. The number of halogens is 1. The highest BCUT2D eigenvalue weighted by Crippen LogP contribution is 2.38. The molecule has 1 N–H and O–H groups in total. The van der Waals surface area contributed by atoms with Gasteiger partial charge in [-0.25, -0.2) is 0 Å². The highest BCUT2D eigenvalue weighted by Gasteiger charge is 2.19. The van der Waals surface area contributed by atoms with E-state index in [4.69, 9.17) is 0 Å². The fraction of sp³-hybridized carbons (Fsp3) is 0.455. The van der Waals surface area contributed by atoms with Gasteiger partial charge in [0.2, 0.25) is 0 Å². The summed E-state index contributed by atoms with van der Waals surface area (Å²) < 4.78 is 1.14. The van der Waals surface area contributed by atoms with Crippen molar-refractivity contribution in [3.63, 3.8) is 0 Å². The van der Waals surface area contributed by atoms with Crippen molar-refractivity contribution in [1.29, 1.82) is 0 Å². The van der Waals surface area contributed by atoms with Crippen LogP contribution in [0.1, 0.15) is 37.2 Å². The molecular formula is C11H13BrO. The third-order valence-corrected chi connectivity index (χ3v) is 3.50. The highest BCUT2D eigenvalue weighted by molar-refractivity contribution is 9.10. The van der Waals surface area contributed by atoms with Crippen LogP contribution in [-0.2, 0) is 0 Å². The molecule has 0 amide bonds. The standard InChI is InChI=1S/C11H13BrO/c12-11-6-5-9(13)7-10(11)8-3-1-2-4-8/h5-8,13H,1-4H2. The van der Waals surface area contributed by atoms with Crippen molar-refractivity contribution in [2.45, 2.75) is 31.6 Å². The first-order chi connectivity index (χ1) is 6.27. The second kappa shape index (κ2) is 3.70. The van der Waals surface area contributed by atoms with Crippen molar-refractivity contribution in [3.8, 4) is 5.75 Å². The van der Waals surface area contributed by atoms with Gasteiger partial charge >= 0.3 is 0 Å². The van der Waals surface area contributed by atoms with Crippen molar-refractivity contribution in [2.75, 3.05) is 0 Å². The summed E-state index contributed by atoms with van der Waals surface area (Å²) in [5, 5.41) is 9.38. The third-order valence-electron chi connectivity index (χ3n) is 2.77. The maximum atomic E-state index is 9.38. The van der Waals surface area contributed by atoms with E-state index in [1.165, 1.54) is 31.2 Å². The first kappa shape index (κ1) is 9.07. The van der Waals surface area contributed by atoms with Crippen LogP contribution in [0, 0.1) is 0 Å². The molecule has 70 valence electrons. The van der Waals surface area contributed by atoms with Crippen molar-refractivity contribution in [2.24, 2.45) is 0 Å². The number of rotatable bonds is 1. The van der Waals surface area contributed by atoms with E-state index >= 15 is 0 Å². The van der Waals surface area contributed by atoms with Crippen molar-refractivity contribution >= 4 is 15.9 Å². The summed E-state index contributed by atoms with van der Waals surface area (Å²) in [7, 11) is 0. The Hall–Kier alpha value is -0.500. The van der Waals surface area contributed by atoms with Gasteiger partial charge in [-0.3, -0.25) is 0 Å². The van der Waals surface area contributed by atoms with Gasteiger partial charge in [0.15, 0.2) is 0 Å². The minimum absolute atomic E-state index is 0.380. The summed E-state index contributed by atoms with van der Waals surface area (Å²) in [5.41, 5.74) is 1.28. The molecule has 1 fully saturated rings. The average Bonchev–Trinajstić information content (AvgIpc) is 2.61. The van der Waals surface area contributed by atoms with Crippen molar-refractivity contribution < 1.29 is 5.11 Å². The Labute approximate surface area is 86.9 Å². The van der Waals surface area contributed by atoms with Crippen LogP contribution < -0.4 is 0 Å². The molecule has 0 aliphatic heterocycles. The minimum atomic E-state index is 0.380. The quantitative estimate of drug-likeness (QED) is 0.792. The fourth-order valence-electron chi connectivity index (χ4n) is 2.08. The van der Waals surface area contributed by atoms with E-state index in [1.54, 1.807) is 6.07 Å². The van der Waals surface area contributed by atoms with Crippen LogP contribution in [0.3, 0.4) is 0 Å².